The van der Waals surface area contributed by atoms with Crippen molar-refractivity contribution in [3.05, 3.63) is 41.7 Å². The van der Waals surface area contributed by atoms with Crippen molar-refractivity contribution in [2.45, 2.75) is 32.2 Å². The van der Waals surface area contributed by atoms with Gasteiger partial charge in [0.05, 0.1) is 5.69 Å². The predicted molar refractivity (Wildman–Crippen MR) is 76.9 cm³/mol. The molecule has 0 unspecified atom stereocenters. The molecule has 0 radical (unpaired) electrons. The van der Waals surface area contributed by atoms with E-state index in [1.165, 1.54) is 6.42 Å². The van der Waals surface area contributed by atoms with Crippen LogP contribution in [0.3, 0.4) is 0 Å². The van der Waals surface area contributed by atoms with Crippen LogP contribution in [0.25, 0.3) is 11.4 Å². The second-order valence-electron chi connectivity index (χ2n) is 5.03. The maximum atomic E-state index is 11.9. The van der Waals surface area contributed by atoms with E-state index in [2.05, 4.69) is 15.0 Å². The van der Waals surface area contributed by atoms with Crippen LogP contribution in [0.15, 0.2) is 30.3 Å². The normalized spacial score (nSPS) is 14.4. The van der Waals surface area contributed by atoms with Crippen LogP contribution in [0, 0.1) is 0 Å². The third kappa shape index (κ3) is 2.20. The minimum absolute atomic E-state index is 0.308. The van der Waals surface area contributed by atoms with Crippen LogP contribution in [0.2, 0.25) is 0 Å². The second kappa shape index (κ2) is 5.46. The number of hydrogen-bond donors (Lipinski definition) is 2. The summed E-state index contributed by atoms with van der Waals surface area (Å²) in [4.78, 5) is 16.5. The quantitative estimate of drug-likeness (QED) is 0.497. The minimum Gasteiger partial charge on any atom is -0.327 e. The highest BCUT2D eigenvalue weighted by molar-refractivity contribution is 5.93. The molecule has 0 spiro atoms. The molecule has 0 aliphatic carbocycles. The van der Waals surface area contributed by atoms with Gasteiger partial charge in [0.1, 0.15) is 5.82 Å². The lowest BCUT2D eigenvalue weighted by atomic mass is 10.1. The van der Waals surface area contributed by atoms with Crippen molar-refractivity contribution in [1.82, 2.24) is 15.0 Å². The van der Waals surface area contributed by atoms with Gasteiger partial charge in [0.2, 0.25) is 0 Å². The summed E-state index contributed by atoms with van der Waals surface area (Å²) in [6.45, 7) is 0.907. The summed E-state index contributed by atoms with van der Waals surface area (Å²) < 4.78 is 2.17. The zero-order chi connectivity index (χ0) is 13.9. The van der Waals surface area contributed by atoms with E-state index in [1.807, 2.05) is 30.3 Å². The maximum Gasteiger partial charge on any atom is 0.285 e. The first-order valence-electron chi connectivity index (χ1n) is 6.97. The van der Waals surface area contributed by atoms with Gasteiger partial charge in [-0.15, -0.1) is 0 Å². The molecule has 3 rings (SSSR count). The number of carbonyl (C=O) groups is 1. The monoisotopic (exact) mass is 270 g/mol. The number of rotatable bonds is 2. The Kier molecular flexibility index (Phi) is 3.52. The van der Waals surface area contributed by atoms with Crippen molar-refractivity contribution < 1.29 is 4.79 Å². The smallest absolute Gasteiger partial charge is 0.285 e. The van der Waals surface area contributed by atoms with E-state index in [4.69, 9.17) is 5.84 Å². The molecule has 2 aromatic rings. The Morgan fingerprint density at radius 2 is 2.00 bits per heavy atom. The number of hydrazine groups is 1. The molecule has 0 saturated heterocycles. The maximum absolute atomic E-state index is 11.9. The van der Waals surface area contributed by atoms with Gasteiger partial charge in [-0.3, -0.25) is 10.2 Å². The van der Waals surface area contributed by atoms with Crippen LogP contribution in [0.4, 0.5) is 0 Å². The molecule has 20 heavy (non-hydrogen) atoms. The largest absolute Gasteiger partial charge is 0.327 e. The number of carbonyl (C=O) groups excluding carboxylic acids is 1. The number of nitrogen functional groups attached to an aromatic ring is 1. The highest BCUT2D eigenvalue weighted by Gasteiger charge is 2.23. The third-order valence-corrected chi connectivity index (χ3v) is 3.75. The van der Waals surface area contributed by atoms with Crippen molar-refractivity contribution in [2.24, 2.45) is 5.84 Å². The van der Waals surface area contributed by atoms with Crippen LogP contribution in [-0.4, -0.2) is 15.5 Å². The first kappa shape index (κ1) is 12.9. The molecule has 1 aromatic heterocycles. The molecule has 5 heteroatoms. The number of fused-ring (bicyclic) bond motifs is 1. The van der Waals surface area contributed by atoms with Crippen molar-refractivity contribution in [3.8, 4) is 11.4 Å². The molecule has 3 N–H and O–H groups in total. The summed E-state index contributed by atoms with van der Waals surface area (Å²) in [5.74, 6) is 5.83. The molecule has 0 fully saturated rings. The Hall–Kier alpha value is -2.14. The lowest BCUT2D eigenvalue weighted by molar-refractivity contribution is 0.0948. The van der Waals surface area contributed by atoms with E-state index in [1.54, 1.807) is 0 Å². The Bertz CT molecular complexity index is 618. The summed E-state index contributed by atoms with van der Waals surface area (Å²) in [5, 5.41) is 0. The minimum atomic E-state index is -0.308. The molecular weight excluding hydrogens is 252 g/mol. The van der Waals surface area contributed by atoms with Gasteiger partial charge < -0.3 is 4.57 Å². The van der Waals surface area contributed by atoms with Gasteiger partial charge in [-0.05, 0) is 19.3 Å². The predicted octanol–water partition coefficient (Wildman–Crippen LogP) is 1.88. The number of amides is 1. The molecule has 2 heterocycles. The summed E-state index contributed by atoms with van der Waals surface area (Å²) in [5.41, 5.74) is 4.71. The highest BCUT2D eigenvalue weighted by atomic mass is 16.2. The van der Waals surface area contributed by atoms with E-state index in [-0.39, 0.29) is 5.91 Å². The molecule has 1 amide bonds. The molecule has 0 atom stereocenters. The molecule has 5 nitrogen and oxygen atoms in total. The summed E-state index contributed by atoms with van der Waals surface area (Å²) in [6, 6.07) is 9.98. The van der Waals surface area contributed by atoms with Crippen LogP contribution in [0.1, 0.15) is 35.4 Å². The van der Waals surface area contributed by atoms with Crippen molar-refractivity contribution in [1.29, 1.82) is 0 Å². The van der Waals surface area contributed by atoms with Crippen molar-refractivity contribution in [2.75, 3.05) is 0 Å². The Labute approximate surface area is 117 Å². The fourth-order valence-corrected chi connectivity index (χ4v) is 2.78. The second-order valence-corrected chi connectivity index (χ2v) is 5.03. The van der Waals surface area contributed by atoms with Gasteiger partial charge in [-0.25, -0.2) is 10.8 Å². The standard InChI is InChI=1S/C15H18N4O/c16-18-15(20)13-12-9-5-2-6-10-19(12)14(17-13)11-7-3-1-4-8-11/h1,3-4,7-8H,2,5-6,9-10,16H2,(H,18,20). The molecule has 104 valence electrons. The SMILES string of the molecule is NNC(=O)c1nc(-c2ccccc2)n2c1CCCCC2. The summed E-state index contributed by atoms with van der Waals surface area (Å²) >= 11 is 0. The van der Waals surface area contributed by atoms with E-state index < -0.39 is 0 Å². The van der Waals surface area contributed by atoms with Gasteiger partial charge in [0, 0.05) is 12.1 Å². The number of imidazole rings is 1. The fraction of sp³-hybridized carbons (Fsp3) is 0.333. The average molecular weight is 270 g/mol. The number of nitrogens with one attached hydrogen (secondary N) is 1. The van der Waals surface area contributed by atoms with Crippen LogP contribution in [0.5, 0.6) is 0 Å². The van der Waals surface area contributed by atoms with Gasteiger partial charge in [-0.2, -0.15) is 0 Å². The summed E-state index contributed by atoms with van der Waals surface area (Å²) in [6.07, 6.45) is 4.26. The molecule has 0 saturated carbocycles. The zero-order valence-corrected chi connectivity index (χ0v) is 11.3. The number of hydrogen-bond acceptors (Lipinski definition) is 3. The van der Waals surface area contributed by atoms with Gasteiger partial charge in [0.25, 0.3) is 5.91 Å². The van der Waals surface area contributed by atoms with Gasteiger partial charge in [-0.1, -0.05) is 36.8 Å². The van der Waals surface area contributed by atoms with E-state index in [9.17, 15) is 4.79 Å². The molecule has 1 aliphatic rings. The van der Waals surface area contributed by atoms with Crippen LogP contribution < -0.4 is 11.3 Å². The van der Waals surface area contributed by atoms with E-state index in [0.717, 1.165) is 42.9 Å². The van der Waals surface area contributed by atoms with Crippen LogP contribution in [-0.2, 0) is 13.0 Å². The summed E-state index contributed by atoms with van der Waals surface area (Å²) in [7, 11) is 0. The number of aromatic nitrogens is 2. The fourth-order valence-electron chi connectivity index (χ4n) is 2.78. The van der Waals surface area contributed by atoms with E-state index >= 15 is 0 Å². The van der Waals surface area contributed by atoms with Gasteiger partial charge >= 0.3 is 0 Å². The molecule has 1 aromatic carbocycles. The Morgan fingerprint density at radius 3 is 2.75 bits per heavy atom. The Balaban J connectivity index is 2.15. The lowest BCUT2D eigenvalue weighted by Gasteiger charge is -2.08. The molecular formula is C15H18N4O. The van der Waals surface area contributed by atoms with E-state index in [0.29, 0.717) is 5.69 Å². The van der Waals surface area contributed by atoms with Crippen LogP contribution >= 0.6 is 0 Å². The number of nitrogens with zero attached hydrogens (tertiary/aromatic N) is 2. The van der Waals surface area contributed by atoms with Crippen molar-refractivity contribution >= 4 is 5.91 Å². The van der Waals surface area contributed by atoms with Gasteiger partial charge in [0.15, 0.2) is 5.69 Å². The number of nitrogens with two attached hydrogens (primary N) is 1. The molecule has 1 aliphatic heterocycles. The number of benzene rings is 1. The third-order valence-electron chi connectivity index (χ3n) is 3.75. The zero-order valence-electron chi connectivity index (χ0n) is 11.3. The first-order chi connectivity index (χ1) is 9.81. The highest BCUT2D eigenvalue weighted by Crippen LogP contribution is 2.26. The average Bonchev–Trinajstić information content (AvgIpc) is 2.69. The Morgan fingerprint density at radius 1 is 1.20 bits per heavy atom. The van der Waals surface area contributed by atoms with Crippen molar-refractivity contribution in [3.63, 3.8) is 0 Å². The topological polar surface area (TPSA) is 72.9 Å². The lowest BCUT2D eigenvalue weighted by Crippen LogP contribution is -2.31. The molecule has 0 bridgehead atoms. The first-order valence-corrected chi connectivity index (χ1v) is 6.97.